The summed E-state index contributed by atoms with van der Waals surface area (Å²) in [5, 5.41) is 3.47. The van der Waals surface area contributed by atoms with Crippen LogP contribution in [0.4, 0.5) is 0 Å². The van der Waals surface area contributed by atoms with Crippen LogP contribution >= 0.6 is 0 Å². The van der Waals surface area contributed by atoms with Gasteiger partial charge in [0.2, 0.25) is 0 Å². The molecule has 2 rings (SSSR count). The van der Waals surface area contributed by atoms with Gasteiger partial charge < -0.3 is 19.5 Å². The smallest absolute Gasteiger partial charge is 0.167 e. The van der Waals surface area contributed by atoms with Crippen molar-refractivity contribution >= 4 is 5.78 Å². The molecule has 5 nitrogen and oxygen atoms in total. The Bertz CT molecular complexity index is 749. The lowest BCUT2D eigenvalue weighted by Crippen LogP contribution is -2.24. The molecule has 5 heteroatoms. The fourth-order valence-corrected chi connectivity index (χ4v) is 3.20. The molecule has 29 heavy (non-hydrogen) atoms. The summed E-state index contributed by atoms with van der Waals surface area (Å²) < 4.78 is 17.4. The van der Waals surface area contributed by atoms with Gasteiger partial charge in [0, 0.05) is 12.6 Å². The lowest BCUT2D eigenvalue weighted by Gasteiger charge is -2.20. The summed E-state index contributed by atoms with van der Waals surface area (Å²) in [6.45, 7) is 11.8. The highest BCUT2D eigenvalue weighted by Gasteiger charge is 2.19. The molecule has 0 radical (unpaired) electrons. The summed E-state index contributed by atoms with van der Waals surface area (Å²) in [5.74, 6) is 1.08. The highest BCUT2D eigenvalue weighted by atomic mass is 16.5. The van der Waals surface area contributed by atoms with Crippen LogP contribution in [-0.4, -0.2) is 32.1 Å². The molecule has 0 spiro atoms. The number of benzene rings is 2. The molecular formula is C24H33NO4. The van der Waals surface area contributed by atoms with Gasteiger partial charge >= 0.3 is 0 Å². The minimum Gasteiger partial charge on any atom is -0.493 e. The first-order valence-corrected chi connectivity index (χ1v) is 10.3. The van der Waals surface area contributed by atoms with E-state index in [2.05, 4.69) is 31.3 Å². The standard InChI is InChI=1S/C24H33NO4/c1-6-27-22-15-21(16-23(28-7-2)24(22)18(4)26)17(3)25-13-14-29-19(5)20-11-9-8-10-12-20/h8-12,15-17,19,25H,6-7,13-14H2,1-5H3/t17-,19+/m1/s1. The summed E-state index contributed by atoms with van der Waals surface area (Å²) in [5.41, 5.74) is 2.69. The van der Waals surface area contributed by atoms with Crippen LogP contribution in [-0.2, 0) is 4.74 Å². The van der Waals surface area contributed by atoms with Crippen LogP contribution in [0.3, 0.4) is 0 Å². The maximum Gasteiger partial charge on any atom is 0.167 e. The van der Waals surface area contributed by atoms with Crippen molar-refractivity contribution in [2.75, 3.05) is 26.4 Å². The molecule has 1 N–H and O–H groups in total. The van der Waals surface area contributed by atoms with Crippen LogP contribution in [0.15, 0.2) is 42.5 Å². The van der Waals surface area contributed by atoms with Crippen molar-refractivity contribution in [3.05, 3.63) is 59.2 Å². The molecule has 0 saturated heterocycles. The maximum absolute atomic E-state index is 12.1. The maximum atomic E-state index is 12.1. The van der Waals surface area contributed by atoms with Crippen LogP contribution in [0.5, 0.6) is 11.5 Å². The number of hydrogen-bond acceptors (Lipinski definition) is 5. The largest absolute Gasteiger partial charge is 0.493 e. The summed E-state index contributed by atoms with van der Waals surface area (Å²) in [7, 11) is 0. The Morgan fingerprint density at radius 1 is 0.966 bits per heavy atom. The van der Waals surface area contributed by atoms with Gasteiger partial charge in [-0.25, -0.2) is 0 Å². The third kappa shape index (κ3) is 6.58. The van der Waals surface area contributed by atoms with Gasteiger partial charge in [-0.3, -0.25) is 4.79 Å². The van der Waals surface area contributed by atoms with Gasteiger partial charge in [0.15, 0.2) is 5.78 Å². The molecule has 2 atom stereocenters. The number of rotatable bonds is 12. The van der Waals surface area contributed by atoms with Gasteiger partial charge in [-0.15, -0.1) is 0 Å². The molecule has 0 aliphatic carbocycles. The summed E-state index contributed by atoms with van der Waals surface area (Å²) >= 11 is 0. The minimum absolute atomic E-state index is 0.0530. The topological polar surface area (TPSA) is 56.8 Å². The monoisotopic (exact) mass is 399 g/mol. The van der Waals surface area contributed by atoms with Crippen molar-refractivity contribution in [3.8, 4) is 11.5 Å². The number of ketones is 1. The van der Waals surface area contributed by atoms with E-state index in [0.29, 0.717) is 43.4 Å². The normalized spacial score (nSPS) is 13.0. The van der Waals surface area contributed by atoms with E-state index in [1.54, 1.807) is 0 Å². The Morgan fingerprint density at radius 3 is 2.07 bits per heavy atom. The molecule has 0 amide bonds. The lowest BCUT2D eigenvalue weighted by molar-refractivity contribution is 0.0666. The molecule has 0 fully saturated rings. The van der Waals surface area contributed by atoms with E-state index in [1.165, 1.54) is 12.5 Å². The van der Waals surface area contributed by atoms with Crippen LogP contribution < -0.4 is 14.8 Å². The van der Waals surface area contributed by atoms with Gasteiger partial charge in [-0.05, 0) is 57.9 Å². The first-order valence-electron chi connectivity index (χ1n) is 10.3. The second kappa shape index (κ2) is 11.6. The molecule has 2 aromatic rings. The molecule has 0 bridgehead atoms. The van der Waals surface area contributed by atoms with Crippen molar-refractivity contribution in [2.45, 2.75) is 46.8 Å². The minimum atomic E-state index is -0.0626. The van der Waals surface area contributed by atoms with E-state index in [9.17, 15) is 4.79 Å². The lowest BCUT2D eigenvalue weighted by atomic mass is 10.0. The first kappa shape index (κ1) is 22.9. The van der Waals surface area contributed by atoms with E-state index < -0.39 is 0 Å². The average Bonchev–Trinajstić information content (AvgIpc) is 2.71. The average molecular weight is 400 g/mol. The molecule has 0 aliphatic rings. The quantitative estimate of drug-likeness (QED) is 0.397. The van der Waals surface area contributed by atoms with Crippen molar-refractivity contribution in [1.29, 1.82) is 0 Å². The molecule has 2 aromatic carbocycles. The summed E-state index contributed by atoms with van der Waals surface area (Å²) in [6.07, 6.45) is 0.0530. The van der Waals surface area contributed by atoms with E-state index in [-0.39, 0.29) is 17.9 Å². The van der Waals surface area contributed by atoms with Gasteiger partial charge in [-0.1, -0.05) is 30.3 Å². The van der Waals surface area contributed by atoms with Crippen molar-refractivity contribution in [2.24, 2.45) is 0 Å². The molecule has 0 aliphatic heterocycles. The molecule has 0 heterocycles. The van der Waals surface area contributed by atoms with Crippen LogP contribution in [0.25, 0.3) is 0 Å². The van der Waals surface area contributed by atoms with Crippen molar-refractivity contribution in [3.63, 3.8) is 0 Å². The zero-order valence-corrected chi connectivity index (χ0v) is 18.2. The van der Waals surface area contributed by atoms with E-state index >= 15 is 0 Å². The van der Waals surface area contributed by atoms with E-state index in [4.69, 9.17) is 14.2 Å². The number of carbonyl (C=O) groups excluding carboxylic acids is 1. The van der Waals surface area contributed by atoms with Gasteiger partial charge in [-0.2, -0.15) is 0 Å². The number of nitrogens with one attached hydrogen (secondary N) is 1. The predicted octanol–water partition coefficient (Wildman–Crippen LogP) is 5.12. The molecule has 0 saturated carbocycles. The fourth-order valence-electron chi connectivity index (χ4n) is 3.20. The Balaban J connectivity index is 2.02. The number of ether oxygens (including phenoxy) is 3. The molecular weight excluding hydrogens is 366 g/mol. The SMILES string of the molecule is CCOc1cc([C@@H](C)NCCO[C@@H](C)c2ccccc2)cc(OCC)c1C(C)=O. The van der Waals surface area contributed by atoms with E-state index in [1.807, 2.05) is 44.2 Å². The van der Waals surface area contributed by atoms with Crippen molar-refractivity contribution in [1.82, 2.24) is 5.32 Å². The van der Waals surface area contributed by atoms with Crippen molar-refractivity contribution < 1.29 is 19.0 Å². The van der Waals surface area contributed by atoms with Gasteiger partial charge in [0.25, 0.3) is 0 Å². The van der Waals surface area contributed by atoms with Crippen LogP contribution in [0, 0.1) is 0 Å². The Kier molecular flexibility index (Phi) is 9.16. The zero-order chi connectivity index (χ0) is 21.2. The number of hydrogen-bond donors (Lipinski definition) is 1. The van der Waals surface area contributed by atoms with Gasteiger partial charge in [0.1, 0.15) is 17.1 Å². The third-order valence-corrected chi connectivity index (χ3v) is 4.73. The number of carbonyl (C=O) groups is 1. The third-order valence-electron chi connectivity index (χ3n) is 4.73. The molecule has 0 aromatic heterocycles. The second-order valence-electron chi connectivity index (χ2n) is 6.91. The Morgan fingerprint density at radius 2 is 1.55 bits per heavy atom. The summed E-state index contributed by atoms with van der Waals surface area (Å²) in [4.78, 5) is 12.1. The van der Waals surface area contributed by atoms with Crippen LogP contribution in [0.2, 0.25) is 0 Å². The second-order valence-corrected chi connectivity index (χ2v) is 6.91. The Labute approximate surface area is 174 Å². The van der Waals surface area contributed by atoms with E-state index in [0.717, 1.165) is 5.56 Å². The molecule has 158 valence electrons. The van der Waals surface area contributed by atoms with Crippen LogP contribution in [0.1, 0.15) is 68.2 Å². The van der Waals surface area contributed by atoms with Gasteiger partial charge in [0.05, 0.1) is 25.9 Å². The zero-order valence-electron chi connectivity index (χ0n) is 18.2. The molecule has 0 unspecified atom stereocenters. The highest BCUT2D eigenvalue weighted by molar-refractivity contribution is 5.99. The highest BCUT2D eigenvalue weighted by Crippen LogP contribution is 2.33. The Hall–Kier alpha value is -2.37. The summed E-state index contributed by atoms with van der Waals surface area (Å²) in [6, 6.07) is 14.1. The number of Topliss-reactive ketones (excluding diaryl/α,β-unsaturated/α-hetero) is 1. The first-order chi connectivity index (χ1) is 14.0. The predicted molar refractivity (Wildman–Crippen MR) is 116 cm³/mol. The fraction of sp³-hybridized carbons (Fsp3) is 0.458.